The zero-order chi connectivity index (χ0) is 16.3. The maximum Gasteiger partial charge on any atom is 0.321 e. The van der Waals surface area contributed by atoms with Gasteiger partial charge in [-0.2, -0.15) is 0 Å². The highest BCUT2D eigenvalue weighted by molar-refractivity contribution is 5.85. The van der Waals surface area contributed by atoms with Gasteiger partial charge in [0, 0.05) is 19.1 Å². The van der Waals surface area contributed by atoms with E-state index in [4.69, 9.17) is 4.74 Å². The van der Waals surface area contributed by atoms with Crippen LogP contribution in [-0.2, 0) is 9.53 Å². The van der Waals surface area contributed by atoms with E-state index in [-0.39, 0.29) is 12.0 Å². The number of nitrogens with zero attached hydrogens (tertiary/aromatic N) is 1. The molecule has 1 aromatic carbocycles. The van der Waals surface area contributed by atoms with E-state index in [1.54, 1.807) is 0 Å². The summed E-state index contributed by atoms with van der Waals surface area (Å²) in [5.74, 6) is -0.144. The second-order valence-corrected chi connectivity index (χ2v) is 6.12. The summed E-state index contributed by atoms with van der Waals surface area (Å²) in [4.78, 5) is 15.0. The molecular weight excluding hydrogens is 286 g/mol. The van der Waals surface area contributed by atoms with E-state index in [1.165, 1.54) is 5.56 Å². The van der Waals surface area contributed by atoms with Gasteiger partial charge in [0.25, 0.3) is 0 Å². The van der Waals surface area contributed by atoms with Gasteiger partial charge in [-0.1, -0.05) is 60.7 Å². The van der Waals surface area contributed by atoms with Crippen LogP contribution in [0.15, 0.2) is 66.3 Å². The molecule has 1 fully saturated rings. The highest BCUT2D eigenvalue weighted by Gasteiger charge is 2.48. The Morgan fingerprint density at radius 2 is 2.04 bits per heavy atom. The quantitative estimate of drug-likeness (QED) is 0.795. The fourth-order valence-corrected chi connectivity index (χ4v) is 3.39. The van der Waals surface area contributed by atoms with Crippen LogP contribution in [0.2, 0.25) is 0 Å². The third-order valence-electron chi connectivity index (χ3n) is 4.77. The summed E-state index contributed by atoms with van der Waals surface area (Å²) >= 11 is 0. The molecule has 0 radical (unpaired) electrons. The number of benzene rings is 1. The molecule has 2 atom stereocenters. The van der Waals surface area contributed by atoms with Crippen molar-refractivity contribution in [3.63, 3.8) is 0 Å². The molecule has 3 nitrogen and oxygen atoms in total. The second-order valence-electron chi connectivity index (χ2n) is 6.12. The third kappa shape index (κ3) is 2.89. The molecule has 1 aliphatic carbocycles. The number of esters is 1. The Morgan fingerprint density at radius 1 is 1.26 bits per heavy atom. The minimum Gasteiger partial charge on any atom is -0.465 e. The molecule has 1 aliphatic heterocycles. The van der Waals surface area contributed by atoms with Crippen LogP contribution < -0.4 is 0 Å². The Hall–Kier alpha value is -2.13. The minimum atomic E-state index is -0.650. The normalized spacial score (nSPS) is 24.7. The van der Waals surface area contributed by atoms with Crippen LogP contribution in [0.5, 0.6) is 0 Å². The summed E-state index contributed by atoms with van der Waals surface area (Å²) < 4.78 is 5.39. The molecule has 0 bridgehead atoms. The highest BCUT2D eigenvalue weighted by atomic mass is 16.5. The van der Waals surface area contributed by atoms with Crippen molar-refractivity contribution in [2.45, 2.75) is 19.9 Å². The predicted octanol–water partition coefficient (Wildman–Crippen LogP) is 3.67. The number of carbonyl (C=O) groups excluding carboxylic acids is 1. The first kappa shape index (κ1) is 15.8. The van der Waals surface area contributed by atoms with Crippen LogP contribution in [0, 0.1) is 5.41 Å². The van der Waals surface area contributed by atoms with Crippen molar-refractivity contribution in [3.8, 4) is 0 Å². The number of fused-ring (bicyclic) bond motifs is 1. The molecule has 120 valence electrons. The van der Waals surface area contributed by atoms with E-state index < -0.39 is 5.41 Å². The molecule has 0 aromatic heterocycles. The van der Waals surface area contributed by atoms with Crippen molar-refractivity contribution in [2.75, 3.05) is 19.7 Å². The van der Waals surface area contributed by atoms with Gasteiger partial charge in [0.05, 0.1) is 6.61 Å². The molecule has 0 N–H and O–H groups in total. The summed E-state index contributed by atoms with van der Waals surface area (Å²) in [5, 5.41) is 0. The zero-order valence-electron chi connectivity index (χ0n) is 13.7. The van der Waals surface area contributed by atoms with Gasteiger partial charge in [0.2, 0.25) is 0 Å². The Labute approximate surface area is 137 Å². The maximum absolute atomic E-state index is 12.7. The van der Waals surface area contributed by atoms with Gasteiger partial charge >= 0.3 is 5.97 Å². The van der Waals surface area contributed by atoms with Gasteiger partial charge < -0.3 is 4.74 Å². The summed E-state index contributed by atoms with van der Waals surface area (Å²) in [7, 11) is 0. The van der Waals surface area contributed by atoms with Crippen molar-refractivity contribution in [2.24, 2.45) is 5.41 Å². The van der Waals surface area contributed by atoms with Crippen molar-refractivity contribution >= 4 is 5.97 Å². The van der Waals surface area contributed by atoms with E-state index in [0.29, 0.717) is 13.2 Å². The Balaban J connectivity index is 1.91. The lowest BCUT2D eigenvalue weighted by Crippen LogP contribution is -2.36. The fraction of sp³-hybridized carbons (Fsp3) is 0.350. The number of carbonyl (C=O) groups is 1. The highest BCUT2D eigenvalue weighted by Crippen LogP contribution is 2.42. The zero-order valence-corrected chi connectivity index (χ0v) is 13.7. The van der Waals surface area contributed by atoms with Crippen LogP contribution in [0.4, 0.5) is 0 Å². The van der Waals surface area contributed by atoms with Crippen LogP contribution in [-0.4, -0.2) is 30.6 Å². The van der Waals surface area contributed by atoms with E-state index in [9.17, 15) is 4.79 Å². The SMILES string of the molecule is CCOC(=O)[C@]12C=CC=CC=C1CN([C@@H](C)c1ccccc1)C2. The van der Waals surface area contributed by atoms with Crippen molar-refractivity contribution < 1.29 is 9.53 Å². The molecule has 3 heteroatoms. The smallest absolute Gasteiger partial charge is 0.321 e. The molecule has 3 rings (SSSR count). The Bertz CT molecular complexity index is 659. The van der Waals surface area contributed by atoms with Gasteiger partial charge in [-0.05, 0) is 25.0 Å². The first-order chi connectivity index (χ1) is 11.2. The van der Waals surface area contributed by atoms with Crippen LogP contribution in [0.3, 0.4) is 0 Å². The minimum absolute atomic E-state index is 0.144. The third-order valence-corrected chi connectivity index (χ3v) is 4.77. The van der Waals surface area contributed by atoms with E-state index in [0.717, 1.165) is 12.1 Å². The summed E-state index contributed by atoms with van der Waals surface area (Å²) in [6.07, 6.45) is 9.99. The summed E-state index contributed by atoms with van der Waals surface area (Å²) in [6.45, 7) is 5.90. The topological polar surface area (TPSA) is 29.5 Å². The summed E-state index contributed by atoms with van der Waals surface area (Å²) in [6, 6.07) is 10.7. The largest absolute Gasteiger partial charge is 0.465 e. The number of likely N-dealkylation sites (tertiary alicyclic amines) is 1. The molecule has 1 saturated heterocycles. The number of hydrogen-bond acceptors (Lipinski definition) is 3. The van der Waals surface area contributed by atoms with Crippen LogP contribution in [0.1, 0.15) is 25.5 Å². The first-order valence-electron chi connectivity index (χ1n) is 8.19. The lowest BCUT2D eigenvalue weighted by Gasteiger charge is -2.27. The van der Waals surface area contributed by atoms with E-state index >= 15 is 0 Å². The van der Waals surface area contributed by atoms with Crippen LogP contribution >= 0.6 is 0 Å². The number of hydrogen-bond donors (Lipinski definition) is 0. The van der Waals surface area contributed by atoms with Gasteiger partial charge in [0.1, 0.15) is 5.41 Å². The average molecular weight is 309 g/mol. The lowest BCUT2D eigenvalue weighted by molar-refractivity contribution is -0.150. The van der Waals surface area contributed by atoms with E-state index in [2.05, 4.69) is 42.2 Å². The second kappa shape index (κ2) is 6.55. The Morgan fingerprint density at radius 3 is 2.78 bits per heavy atom. The van der Waals surface area contributed by atoms with E-state index in [1.807, 2.05) is 37.3 Å². The first-order valence-corrected chi connectivity index (χ1v) is 8.19. The fourth-order valence-electron chi connectivity index (χ4n) is 3.39. The molecule has 1 heterocycles. The molecule has 0 spiro atoms. The molecular formula is C20H23NO2. The molecule has 0 saturated carbocycles. The van der Waals surface area contributed by atoms with Gasteiger partial charge in [-0.3, -0.25) is 9.69 Å². The molecule has 23 heavy (non-hydrogen) atoms. The number of allylic oxidation sites excluding steroid dienone is 4. The van der Waals surface area contributed by atoms with Gasteiger partial charge in [-0.25, -0.2) is 0 Å². The van der Waals surface area contributed by atoms with Gasteiger partial charge in [0.15, 0.2) is 0 Å². The molecule has 0 unspecified atom stereocenters. The predicted molar refractivity (Wildman–Crippen MR) is 91.9 cm³/mol. The monoisotopic (exact) mass is 309 g/mol. The number of rotatable bonds is 4. The maximum atomic E-state index is 12.7. The Kier molecular flexibility index (Phi) is 4.49. The van der Waals surface area contributed by atoms with Gasteiger partial charge in [-0.15, -0.1) is 0 Å². The summed E-state index contributed by atoms with van der Waals surface area (Å²) in [5.41, 5.74) is 1.73. The van der Waals surface area contributed by atoms with Crippen molar-refractivity contribution in [3.05, 3.63) is 71.8 Å². The number of ether oxygens (including phenoxy) is 1. The van der Waals surface area contributed by atoms with Crippen LogP contribution in [0.25, 0.3) is 0 Å². The average Bonchev–Trinajstić information content (AvgIpc) is 2.83. The lowest BCUT2D eigenvalue weighted by atomic mass is 9.82. The van der Waals surface area contributed by atoms with Crippen molar-refractivity contribution in [1.82, 2.24) is 4.90 Å². The molecule has 1 aromatic rings. The standard InChI is InChI=1S/C20H23NO2/c1-3-23-19(22)20-13-9-5-8-12-18(20)14-21(15-20)16(2)17-10-6-4-7-11-17/h4-13,16H,3,14-15H2,1-2H3/t16-,20-/m0/s1. The van der Waals surface area contributed by atoms with Crippen molar-refractivity contribution in [1.29, 1.82) is 0 Å². The molecule has 2 aliphatic rings. The molecule has 0 amide bonds.